The molecule has 0 aliphatic heterocycles. The third-order valence-electron chi connectivity index (χ3n) is 3.19. The molecule has 1 N–H and O–H groups in total. The van der Waals surface area contributed by atoms with Crippen LogP contribution in [0.3, 0.4) is 0 Å². The van der Waals surface area contributed by atoms with E-state index in [0.717, 1.165) is 32.7 Å². The summed E-state index contributed by atoms with van der Waals surface area (Å²) in [5.41, 5.74) is 0. The maximum absolute atomic E-state index is 5.60. The van der Waals surface area contributed by atoms with E-state index in [4.69, 9.17) is 9.47 Å². The zero-order chi connectivity index (χ0) is 12.4. The molecule has 98 valence electrons. The van der Waals surface area contributed by atoms with Crippen LogP contribution in [0, 0.1) is 11.8 Å². The van der Waals surface area contributed by atoms with E-state index < -0.39 is 0 Å². The zero-order valence-electron chi connectivity index (χ0n) is 11.6. The molecule has 0 radical (unpaired) electrons. The Kier molecular flexibility index (Phi) is 9.99. The molecule has 16 heavy (non-hydrogen) atoms. The summed E-state index contributed by atoms with van der Waals surface area (Å²) < 4.78 is 10.6. The smallest absolute Gasteiger partial charge is 0.0487 e. The van der Waals surface area contributed by atoms with Crippen molar-refractivity contribution in [1.29, 1.82) is 0 Å². The monoisotopic (exact) mass is 231 g/mol. The standard InChI is InChI=1S/C13H29NO2/c1-11(2)13(12(3)14-4)7-10-16-9-6-8-15-5/h11-14H,6-10H2,1-5H3. The minimum Gasteiger partial charge on any atom is -0.385 e. The molecule has 0 aliphatic carbocycles. The maximum atomic E-state index is 5.60. The number of ether oxygens (including phenoxy) is 2. The second kappa shape index (κ2) is 10.1. The lowest BCUT2D eigenvalue weighted by molar-refractivity contribution is 0.0850. The van der Waals surface area contributed by atoms with Crippen LogP contribution in [0.2, 0.25) is 0 Å². The van der Waals surface area contributed by atoms with E-state index in [0.29, 0.717) is 17.9 Å². The van der Waals surface area contributed by atoms with Crippen LogP contribution in [0.4, 0.5) is 0 Å². The fourth-order valence-corrected chi connectivity index (χ4v) is 2.00. The molecular formula is C13H29NO2. The summed E-state index contributed by atoms with van der Waals surface area (Å²) in [5, 5.41) is 3.33. The number of hydrogen-bond donors (Lipinski definition) is 1. The Balaban J connectivity index is 3.61. The van der Waals surface area contributed by atoms with Gasteiger partial charge in [0, 0.05) is 33.0 Å². The molecule has 0 aromatic heterocycles. The quantitative estimate of drug-likeness (QED) is 0.585. The van der Waals surface area contributed by atoms with Crippen LogP contribution >= 0.6 is 0 Å². The molecular weight excluding hydrogens is 202 g/mol. The molecule has 0 aliphatic rings. The first-order chi connectivity index (χ1) is 7.63. The zero-order valence-corrected chi connectivity index (χ0v) is 11.6. The average molecular weight is 231 g/mol. The van der Waals surface area contributed by atoms with Gasteiger partial charge in [0.2, 0.25) is 0 Å². The molecule has 3 heteroatoms. The first-order valence-electron chi connectivity index (χ1n) is 6.37. The van der Waals surface area contributed by atoms with Crippen molar-refractivity contribution < 1.29 is 9.47 Å². The SMILES string of the molecule is CNC(C)C(CCOCCCOC)C(C)C. The van der Waals surface area contributed by atoms with Crippen molar-refractivity contribution in [3.05, 3.63) is 0 Å². The van der Waals surface area contributed by atoms with Gasteiger partial charge in [0.25, 0.3) is 0 Å². The second-order valence-electron chi connectivity index (χ2n) is 4.73. The number of methoxy groups -OCH3 is 1. The third kappa shape index (κ3) is 7.20. The van der Waals surface area contributed by atoms with Gasteiger partial charge < -0.3 is 14.8 Å². The van der Waals surface area contributed by atoms with E-state index in [1.54, 1.807) is 7.11 Å². The van der Waals surface area contributed by atoms with Crippen LogP contribution < -0.4 is 5.32 Å². The van der Waals surface area contributed by atoms with Crippen molar-refractivity contribution in [3.8, 4) is 0 Å². The Morgan fingerprint density at radius 2 is 1.75 bits per heavy atom. The van der Waals surface area contributed by atoms with E-state index in [9.17, 15) is 0 Å². The van der Waals surface area contributed by atoms with E-state index in [1.807, 2.05) is 7.05 Å². The summed E-state index contributed by atoms with van der Waals surface area (Å²) in [6.45, 7) is 9.27. The lowest BCUT2D eigenvalue weighted by Crippen LogP contribution is -2.34. The van der Waals surface area contributed by atoms with Gasteiger partial charge in [-0.25, -0.2) is 0 Å². The fourth-order valence-electron chi connectivity index (χ4n) is 2.00. The first kappa shape index (κ1) is 15.9. The van der Waals surface area contributed by atoms with Crippen molar-refractivity contribution in [2.24, 2.45) is 11.8 Å². The normalized spacial score (nSPS) is 15.4. The fraction of sp³-hybridized carbons (Fsp3) is 1.00. The van der Waals surface area contributed by atoms with E-state index >= 15 is 0 Å². The highest BCUT2D eigenvalue weighted by Crippen LogP contribution is 2.19. The van der Waals surface area contributed by atoms with Crippen LogP contribution in [0.15, 0.2) is 0 Å². The molecule has 3 nitrogen and oxygen atoms in total. The van der Waals surface area contributed by atoms with Crippen LogP contribution in [0.1, 0.15) is 33.6 Å². The average Bonchev–Trinajstić information content (AvgIpc) is 2.26. The molecule has 0 spiro atoms. The molecule has 0 heterocycles. The molecule has 2 unspecified atom stereocenters. The number of rotatable bonds is 10. The van der Waals surface area contributed by atoms with E-state index in [-0.39, 0.29) is 0 Å². The van der Waals surface area contributed by atoms with Crippen LogP contribution in [0.25, 0.3) is 0 Å². The minimum atomic E-state index is 0.558. The van der Waals surface area contributed by atoms with Gasteiger partial charge in [-0.2, -0.15) is 0 Å². The largest absolute Gasteiger partial charge is 0.385 e. The van der Waals surface area contributed by atoms with Crippen molar-refractivity contribution in [2.45, 2.75) is 39.7 Å². The highest BCUT2D eigenvalue weighted by Gasteiger charge is 2.18. The van der Waals surface area contributed by atoms with Gasteiger partial charge in [-0.3, -0.25) is 0 Å². The Bertz CT molecular complexity index is 151. The lowest BCUT2D eigenvalue weighted by atomic mass is 9.87. The van der Waals surface area contributed by atoms with Gasteiger partial charge in [-0.1, -0.05) is 13.8 Å². The Hall–Kier alpha value is -0.120. The number of hydrogen-bond acceptors (Lipinski definition) is 3. The molecule has 0 saturated heterocycles. The molecule has 0 fully saturated rings. The topological polar surface area (TPSA) is 30.5 Å². The molecule has 0 bridgehead atoms. The highest BCUT2D eigenvalue weighted by atomic mass is 16.5. The maximum Gasteiger partial charge on any atom is 0.0487 e. The Morgan fingerprint density at radius 3 is 2.25 bits per heavy atom. The summed E-state index contributed by atoms with van der Waals surface area (Å²) in [7, 11) is 3.75. The first-order valence-corrected chi connectivity index (χ1v) is 6.37. The van der Waals surface area contributed by atoms with Crippen LogP contribution in [-0.2, 0) is 9.47 Å². The van der Waals surface area contributed by atoms with Crippen molar-refractivity contribution in [2.75, 3.05) is 34.0 Å². The highest BCUT2D eigenvalue weighted by molar-refractivity contribution is 4.73. The summed E-state index contributed by atoms with van der Waals surface area (Å²) in [4.78, 5) is 0. The molecule has 0 amide bonds. The van der Waals surface area contributed by atoms with Gasteiger partial charge in [0.1, 0.15) is 0 Å². The molecule has 0 rings (SSSR count). The van der Waals surface area contributed by atoms with Gasteiger partial charge in [-0.15, -0.1) is 0 Å². The second-order valence-corrected chi connectivity index (χ2v) is 4.73. The van der Waals surface area contributed by atoms with Crippen LogP contribution in [-0.4, -0.2) is 40.0 Å². The Morgan fingerprint density at radius 1 is 1.06 bits per heavy atom. The minimum absolute atomic E-state index is 0.558. The third-order valence-corrected chi connectivity index (χ3v) is 3.19. The van der Waals surface area contributed by atoms with Crippen molar-refractivity contribution in [3.63, 3.8) is 0 Å². The summed E-state index contributed by atoms with van der Waals surface area (Å²) >= 11 is 0. The molecule has 0 aromatic rings. The number of nitrogens with one attached hydrogen (secondary N) is 1. The summed E-state index contributed by atoms with van der Waals surface area (Å²) in [6.07, 6.45) is 2.12. The molecule has 2 atom stereocenters. The Labute approximate surface area is 101 Å². The van der Waals surface area contributed by atoms with E-state index in [1.165, 1.54) is 0 Å². The van der Waals surface area contributed by atoms with Gasteiger partial charge in [-0.05, 0) is 38.6 Å². The molecule has 0 aromatic carbocycles. The van der Waals surface area contributed by atoms with Gasteiger partial charge >= 0.3 is 0 Å². The van der Waals surface area contributed by atoms with Gasteiger partial charge in [0.05, 0.1) is 0 Å². The predicted octanol–water partition coefficient (Wildman–Crippen LogP) is 2.31. The van der Waals surface area contributed by atoms with Crippen molar-refractivity contribution in [1.82, 2.24) is 5.32 Å². The summed E-state index contributed by atoms with van der Waals surface area (Å²) in [6, 6.07) is 0.558. The lowest BCUT2D eigenvalue weighted by Gasteiger charge is -2.27. The predicted molar refractivity (Wildman–Crippen MR) is 68.8 cm³/mol. The summed E-state index contributed by atoms with van der Waals surface area (Å²) in [5.74, 6) is 1.39. The van der Waals surface area contributed by atoms with Crippen molar-refractivity contribution >= 4 is 0 Å². The molecule has 0 saturated carbocycles. The van der Waals surface area contributed by atoms with Crippen LogP contribution in [0.5, 0.6) is 0 Å². The van der Waals surface area contributed by atoms with Gasteiger partial charge in [0.15, 0.2) is 0 Å². The van der Waals surface area contributed by atoms with E-state index in [2.05, 4.69) is 26.1 Å².